The standard InChI is InChI=1S/C30H37FN2O5/c1-2-3-4-5-6-15-26(35)33(19-20-11-7-9-13-23(20)31)24-18-22(30(37)32-16-17-34)27-21-12-8-10-14-25(21)38-29(27)28(24)36/h7-14,18,24,27-29,34,36H,2-6,15-17,19H2,1H3,(H,32,37). The average Bonchev–Trinajstić information content (AvgIpc) is 3.32. The van der Waals surface area contributed by atoms with E-state index >= 15 is 0 Å². The minimum Gasteiger partial charge on any atom is -0.486 e. The van der Waals surface area contributed by atoms with E-state index in [0.29, 0.717) is 23.3 Å². The summed E-state index contributed by atoms with van der Waals surface area (Å²) in [6, 6.07) is 12.7. The number of ether oxygens (including phenoxy) is 1. The van der Waals surface area contributed by atoms with Gasteiger partial charge in [0.05, 0.1) is 18.6 Å². The molecule has 38 heavy (non-hydrogen) atoms. The van der Waals surface area contributed by atoms with Gasteiger partial charge in [-0.1, -0.05) is 69.0 Å². The number of carbonyl (C=O) groups excluding carboxylic acids is 2. The number of benzene rings is 2. The van der Waals surface area contributed by atoms with Crippen LogP contribution in [0.1, 0.15) is 62.5 Å². The van der Waals surface area contributed by atoms with E-state index in [1.165, 1.54) is 11.0 Å². The molecule has 0 spiro atoms. The Morgan fingerprint density at radius 1 is 1.05 bits per heavy atom. The lowest BCUT2D eigenvalue weighted by Gasteiger charge is -2.41. The Labute approximate surface area is 223 Å². The van der Waals surface area contributed by atoms with E-state index in [-0.39, 0.29) is 32.0 Å². The van der Waals surface area contributed by atoms with E-state index in [1.807, 2.05) is 18.2 Å². The van der Waals surface area contributed by atoms with Gasteiger partial charge in [-0.05, 0) is 24.6 Å². The molecule has 3 N–H and O–H groups in total. The number of fused-ring (bicyclic) bond motifs is 3. The highest BCUT2D eigenvalue weighted by Gasteiger charge is 2.50. The predicted molar refractivity (Wildman–Crippen MR) is 142 cm³/mol. The first-order valence-corrected chi connectivity index (χ1v) is 13.5. The van der Waals surface area contributed by atoms with Crippen LogP contribution in [0.4, 0.5) is 4.39 Å². The van der Waals surface area contributed by atoms with Crippen LogP contribution in [-0.4, -0.2) is 58.3 Å². The normalized spacial score (nSPS) is 21.6. The Balaban J connectivity index is 1.69. The fourth-order valence-electron chi connectivity index (χ4n) is 5.38. The van der Waals surface area contributed by atoms with Crippen LogP contribution < -0.4 is 10.1 Å². The van der Waals surface area contributed by atoms with Gasteiger partial charge in [-0.25, -0.2) is 4.39 Å². The van der Waals surface area contributed by atoms with Crippen molar-refractivity contribution in [3.05, 3.63) is 77.1 Å². The summed E-state index contributed by atoms with van der Waals surface area (Å²) in [5.74, 6) is -1.01. The third-order valence-corrected chi connectivity index (χ3v) is 7.35. The van der Waals surface area contributed by atoms with Gasteiger partial charge in [0.15, 0.2) is 0 Å². The number of halogens is 1. The van der Waals surface area contributed by atoms with Crippen LogP contribution in [0.15, 0.2) is 60.2 Å². The van der Waals surface area contributed by atoms with E-state index in [4.69, 9.17) is 4.74 Å². The summed E-state index contributed by atoms with van der Waals surface area (Å²) < 4.78 is 20.8. The van der Waals surface area contributed by atoms with Crippen molar-refractivity contribution in [2.45, 2.75) is 76.2 Å². The quantitative estimate of drug-likeness (QED) is 0.367. The number of nitrogens with one attached hydrogen (secondary N) is 1. The van der Waals surface area contributed by atoms with Crippen molar-refractivity contribution in [2.75, 3.05) is 13.2 Å². The highest BCUT2D eigenvalue weighted by Crippen LogP contribution is 2.47. The molecule has 0 saturated heterocycles. The van der Waals surface area contributed by atoms with Crippen molar-refractivity contribution in [3.8, 4) is 5.75 Å². The molecule has 2 aromatic carbocycles. The molecule has 0 saturated carbocycles. The fraction of sp³-hybridized carbons (Fsp3) is 0.467. The number of carbonyl (C=O) groups is 2. The van der Waals surface area contributed by atoms with Gasteiger partial charge in [0.25, 0.3) is 0 Å². The monoisotopic (exact) mass is 524 g/mol. The van der Waals surface area contributed by atoms with Crippen LogP contribution in [0.5, 0.6) is 5.75 Å². The molecule has 4 atom stereocenters. The molecular formula is C30H37FN2O5. The predicted octanol–water partition coefficient (Wildman–Crippen LogP) is 3.84. The maximum Gasteiger partial charge on any atom is 0.247 e. The molecular weight excluding hydrogens is 487 g/mol. The van der Waals surface area contributed by atoms with Gasteiger partial charge in [-0.2, -0.15) is 0 Å². The minimum absolute atomic E-state index is 0.0471. The van der Waals surface area contributed by atoms with Crippen LogP contribution >= 0.6 is 0 Å². The lowest BCUT2D eigenvalue weighted by molar-refractivity contribution is -0.138. The van der Waals surface area contributed by atoms with Gasteiger partial charge >= 0.3 is 0 Å². The summed E-state index contributed by atoms with van der Waals surface area (Å²) in [4.78, 5) is 28.3. The van der Waals surface area contributed by atoms with Crippen molar-refractivity contribution in [1.29, 1.82) is 0 Å². The largest absolute Gasteiger partial charge is 0.486 e. The lowest BCUT2D eigenvalue weighted by Crippen LogP contribution is -2.55. The molecule has 0 radical (unpaired) electrons. The zero-order valence-corrected chi connectivity index (χ0v) is 21.8. The van der Waals surface area contributed by atoms with Crippen LogP contribution in [-0.2, 0) is 16.1 Å². The number of aliphatic hydroxyl groups excluding tert-OH is 2. The Morgan fingerprint density at radius 3 is 2.55 bits per heavy atom. The topological polar surface area (TPSA) is 99.1 Å². The molecule has 4 rings (SSSR count). The molecule has 0 aromatic heterocycles. The van der Waals surface area contributed by atoms with Crippen LogP contribution in [0.3, 0.4) is 0 Å². The Bertz CT molecular complexity index is 1150. The number of para-hydroxylation sites is 1. The zero-order chi connectivity index (χ0) is 27.1. The minimum atomic E-state index is -1.14. The smallest absolute Gasteiger partial charge is 0.247 e. The van der Waals surface area contributed by atoms with Crippen molar-refractivity contribution >= 4 is 11.8 Å². The first-order valence-electron chi connectivity index (χ1n) is 13.5. The number of hydrogen-bond donors (Lipinski definition) is 3. The number of rotatable bonds is 12. The van der Waals surface area contributed by atoms with Gasteiger partial charge < -0.3 is 25.2 Å². The van der Waals surface area contributed by atoms with Crippen molar-refractivity contribution in [2.24, 2.45) is 0 Å². The van der Waals surface area contributed by atoms with E-state index in [0.717, 1.165) is 31.2 Å². The van der Waals surface area contributed by atoms with Crippen LogP contribution in [0.25, 0.3) is 0 Å². The molecule has 1 heterocycles. The first kappa shape index (κ1) is 27.8. The SMILES string of the molecule is CCCCCCCC(=O)N(Cc1ccccc1F)C1C=C(C(=O)NCCO)C2c3ccccc3OC2C1O. The first-order chi connectivity index (χ1) is 18.5. The Morgan fingerprint density at radius 2 is 1.79 bits per heavy atom. The van der Waals surface area contributed by atoms with Crippen LogP contribution in [0, 0.1) is 5.82 Å². The molecule has 2 amide bonds. The summed E-state index contributed by atoms with van der Waals surface area (Å²) in [5.41, 5.74) is 1.47. The molecule has 4 unspecified atom stereocenters. The number of aliphatic hydroxyl groups is 2. The summed E-state index contributed by atoms with van der Waals surface area (Å²) in [6.07, 6.45) is 4.79. The molecule has 1 aliphatic carbocycles. The number of unbranched alkanes of at least 4 members (excludes halogenated alkanes) is 4. The van der Waals surface area contributed by atoms with E-state index in [9.17, 15) is 24.2 Å². The molecule has 0 fully saturated rings. The molecule has 2 aromatic rings. The maximum atomic E-state index is 14.7. The number of hydrogen-bond acceptors (Lipinski definition) is 5. The summed E-state index contributed by atoms with van der Waals surface area (Å²) in [6.45, 7) is 1.93. The van der Waals surface area contributed by atoms with Crippen molar-refractivity contribution in [3.63, 3.8) is 0 Å². The molecule has 8 heteroatoms. The average molecular weight is 525 g/mol. The summed E-state index contributed by atoms with van der Waals surface area (Å²) in [5, 5.41) is 23.5. The van der Waals surface area contributed by atoms with Gasteiger partial charge in [0.1, 0.15) is 23.8 Å². The highest BCUT2D eigenvalue weighted by molar-refractivity contribution is 5.96. The summed E-state index contributed by atoms with van der Waals surface area (Å²) in [7, 11) is 0. The third kappa shape index (κ3) is 6.08. The molecule has 1 aliphatic heterocycles. The summed E-state index contributed by atoms with van der Waals surface area (Å²) >= 11 is 0. The van der Waals surface area contributed by atoms with E-state index < -0.39 is 35.9 Å². The highest BCUT2D eigenvalue weighted by atomic mass is 19.1. The Kier molecular flexibility index (Phi) is 9.53. The fourth-order valence-corrected chi connectivity index (χ4v) is 5.38. The maximum absolute atomic E-state index is 14.7. The van der Waals surface area contributed by atoms with Crippen LogP contribution in [0.2, 0.25) is 0 Å². The third-order valence-electron chi connectivity index (χ3n) is 7.35. The van der Waals surface area contributed by atoms with Gasteiger partial charge in [0, 0.05) is 36.2 Å². The Hall–Kier alpha value is -3.23. The van der Waals surface area contributed by atoms with Gasteiger partial charge in [0.2, 0.25) is 11.8 Å². The second-order valence-corrected chi connectivity index (χ2v) is 9.96. The van der Waals surface area contributed by atoms with Gasteiger partial charge in [-0.3, -0.25) is 9.59 Å². The van der Waals surface area contributed by atoms with Gasteiger partial charge in [-0.15, -0.1) is 0 Å². The van der Waals surface area contributed by atoms with E-state index in [1.54, 1.807) is 30.3 Å². The zero-order valence-electron chi connectivity index (χ0n) is 21.8. The van der Waals surface area contributed by atoms with Crippen molar-refractivity contribution in [1.82, 2.24) is 10.2 Å². The number of nitrogens with zero attached hydrogens (tertiary/aromatic N) is 1. The molecule has 7 nitrogen and oxygen atoms in total. The molecule has 2 aliphatic rings. The lowest BCUT2D eigenvalue weighted by atomic mass is 9.77. The molecule has 204 valence electrons. The van der Waals surface area contributed by atoms with E-state index in [2.05, 4.69) is 12.2 Å². The van der Waals surface area contributed by atoms with Crippen molar-refractivity contribution < 1.29 is 28.9 Å². The molecule has 0 bridgehead atoms. The second-order valence-electron chi connectivity index (χ2n) is 9.96. The second kappa shape index (κ2) is 13.0. The number of amides is 2.